The van der Waals surface area contributed by atoms with Crippen molar-refractivity contribution in [3.05, 3.63) is 0 Å². The van der Waals surface area contributed by atoms with Crippen molar-refractivity contribution in [3.8, 4) is 0 Å². The number of carbonyl (C=O) groups excluding carboxylic acids is 1. The first-order valence-corrected chi connectivity index (χ1v) is 3.99. The normalized spacial score (nSPS) is 9.64. The summed E-state index contributed by atoms with van der Waals surface area (Å²) in [6.45, 7) is 1.90. The maximum Gasteiger partial charge on any atom is 0.302 e. The fourth-order valence-corrected chi connectivity index (χ4v) is 0.774. The fraction of sp³-hybridized carbons (Fsp3) is 0.875. The lowest BCUT2D eigenvalue weighted by molar-refractivity contribution is -0.141. The Bertz CT molecular complexity index is 102. The van der Waals surface area contributed by atoms with E-state index >= 15 is 0 Å². The van der Waals surface area contributed by atoms with E-state index in [0.29, 0.717) is 6.61 Å². The zero-order valence-corrected chi connectivity index (χ0v) is 6.97. The van der Waals surface area contributed by atoms with Crippen molar-refractivity contribution in [2.24, 2.45) is 0 Å². The molecule has 11 heavy (non-hydrogen) atoms. The number of hydrogen-bond acceptors (Lipinski definition) is 2. The van der Waals surface area contributed by atoms with Gasteiger partial charge in [-0.25, -0.2) is 5.11 Å². The Morgan fingerprint density at radius 2 is 1.82 bits per heavy atom. The van der Waals surface area contributed by atoms with Gasteiger partial charge >= 0.3 is 5.97 Å². The smallest absolute Gasteiger partial charge is 0.302 e. The molecule has 0 rings (SSSR count). The van der Waals surface area contributed by atoms with Crippen molar-refractivity contribution in [1.29, 1.82) is 0 Å². The largest absolute Gasteiger partial charge is 0.466 e. The highest BCUT2D eigenvalue weighted by atomic mass is 16.5. The van der Waals surface area contributed by atoms with Crippen molar-refractivity contribution < 1.29 is 14.6 Å². The Hall–Kier alpha value is -0.570. The van der Waals surface area contributed by atoms with Crippen molar-refractivity contribution in [2.45, 2.75) is 32.6 Å². The van der Waals surface area contributed by atoms with Crippen LogP contribution in [-0.4, -0.2) is 19.2 Å². The topological polar surface area (TPSA) is 46.2 Å². The molecule has 0 aromatic rings. The highest BCUT2D eigenvalue weighted by Crippen LogP contribution is 1.99. The maximum absolute atomic E-state index is 10.3. The average molecular weight is 159 g/mol. The molecule has 0 aliphatic heterocycles. The summed E-state index contributed by atoms with van der Waals surface area (Å²) >= 11 is 0. The summed E-state index contributed by atoms with van der Waals surface area (Å²) in [5.41, 5.74) is 0. The highest BCUT2D eigenvalue weighted by molar-refractivity contribution is 5.65. The first kappa shape index (κ1) is 10.4. The number of rotatable bonds is 6. The van der Waals surface area contributed by atoms with E-state index in [1.807, 2.05) is 0 Å². The van der Waals surface area contributed by atoms with Gasteiger partial charge in [-0.2, -0.15) is 0 Å². The van der Waals surface area contributed by atoms with E-state index in [1.54, 1.807) is 0 Å². The third-order valence-corrected chi connectivity index (χ3v) is 1.34. The van der Waals surface area contributed by atoms with Crippen LogP contribution in [0.4, 0.5) is 0 Å². The second-order valence-corrected chi connectivity index (χ2v) is 2.46. The van der Waals surface area contributed by atoms with Crippen LogP contribution in [0.15, 0.2) is 0 Å². The molecule has 0 amide bonds. The minimum atomic E-state index is -0.228. The Morgan fingerprint density at radius 1 is 1.18 bits per heavy atom. The predicted molar refractivity (Wildman–Crippen MR) is 40.7 cm³/mol. The summed E-state index contributed by atoms with van der Waals surface area (Å²) in [7, 11) is 0. The van der Waals surface area contributed by atoms with Gasteiger partial charge in [0, 0.05) is 6.92 Å². The Kier molecular flexibility index (Phi) is 7.15. The van der Waals surface area contributed by atoms with Crippen molar-refractivity contribution in [3.63, 3.8) is 0 Å². The van der Waals surface area contributed by atoms with E-state index < -0.39 is 0 Å². The number of hydrogen-bond donors (Lipinski definition) is 0. The SMILES string of the molecule is CC(=O)OCCCCCC[O]. The monoisotopic (exact) mass is 159 g/mol. The molecule has 65 valence electrons. The van der Waals surface area contributed by atoms with E-state index in [2.05, 4.69) is 0 Å². The molecular weight excluding hydrogens is 144 g/mol. The predicted octanol–water partition coefficient (Wildman–Crippen LogP) is 1.54. The van der Waals surface area contributed by atoms with Crippen molar-refractivity contribution in [2.75, 3.05) is 13.2 Å². The van der Waals surface area contributed by atoms with Crippen LogP contribution >= 0.6 is 0 Å². The average Bonchev–Trinajstić information content (AvgIpc) is 1.96. The first-order valence-electron chi connectivity index (χ1n) is 3.99. The minimum absolute atomic E-state index is 0.00751. The third kappa shape index (κ3) is 9.43. The lowest BCUT2D eigenvalue weighted by atomic mass is 10.2. The van der Waals surface area contributed by atoms with E-state index in [4.69, 9.17) is 4.74 Å². The zero-order valence-electron chi connectivity index (χ0n) is 6.97. The van der Waals surface area contributed by atoms with Gasteiger partial charge in [0.05, 0.1) is 13.2 Å². The molecule has 0 heterocycles. The molecule has 0 saturated carbocycles. The molecule has 0 saturated heterocycles. The lowest BCUT2D eigenvalue weighted by Crippen LogP contribution is -2.00. The van der Waals surface area contributed by atoms with Gasteiger partial charge in [0.15, 0.2) is 0 Å². The summed E-state index contributed by atoms with van der Waals surface area (Å²) in [5, 5.41) is 9.99. The van der Waals surface area contributed by atoms with Crippen LogP contribution in [0.5, 0.6) is 0 Å². The van der Waals surface area contributed by atoms with Gasteiger partial charge < -0.3 is 4.74 Å². The Morgan fingerprint density at radius 3 is 2.36 bits per heavy atom. The molecular formula is C8H15O3. The van der Waals surface area contributed by atoms with E-state index in [9.17, 15) is 9.90 Å². The summed E-state index contributed by atoms with van der Waals surface area (Å²) in [5.74, 6) is -0.228. The highest BCUT2D eigenvalue weighted by Gasteiger charge is 1.92. The Labute approximate surface area is 67.4 Å². The molecule has 3 nitrogen and oxygen atoms in total. The number of carbonyl (C=O) groups is 1. The van der Waals surface area contributed by atoms with Crippen LogP contribution in [0.3, 0.4) is 0 Å². The van der Waals surface area contributed by atoms with Gasteiger partial charge in [0.2, 0.25) is 0 Å². The Balaban J connectivity index is 2.85. The number of unbranched alkanes of at least 4 members (excludes halogenated alkanes) is 3. The van der Waals surface area contributed by atoms with Crippen LogP contribution in [0, 0.1) is 0 Å². The summed E-state index contributed by atoms with van der Waals surface area (Å²) in [4.78, 5) is 10.3. The molecule has 0 atom stereocenters. The number of ether oxygens (including phenoxy) is 1. The summed E-state index contributed by atoms with van der Waals surface area (Å²) in [6, 6.07) is 0. The van der Waals surface area contributed by atoms with Gasteiger partial charge in [-0.15, -0.1) is 0 Å². The molecule has 0 aliphatic rings. The molecule has 0 N–H and O–H groups in total. The molecule has 0 aromatic heterocycles. The van der Waals surface area contributed by atoms with Gasteiger partial charge in [-0.3, -0.25) is 4.79 Å². The molecule has 0 aliphatic carbocycles. The van der Waals surface area contributed by atoms with Crippen molar-refractivity contribution >= 4 is 5.97 Å². The fourth-order valence-electron chi connectivity index (χ4n) is 0.774. The van der Waals surface area contributed by atoms with Crippen LogP contribution in [0.25, 0.3) is 0 Å². The van der Waals surface area contributed by atoms with Crippen LogP contribution < -0.4 is 0 Å². The van der Waals surface area contributed by atoms with Gasteiger partial charge in [0.1, 0.15) is 0 Å². The molecule has 0 bridgehead atoms. The summed E-state index contributed by atoms with van der Waals surface area (Å²) < 4.78 is 4.71. The quantitative estimate of drug-likeness (QED) is 0.436. The second kappa shape index (κ2) is 7.54. The van der Waals surface area contributed by atoms with Gasteiger partial charge in [0.25, 0.3) is 0 Å². The lowest BCUT2D eigenvalue weighted by Gasteiger charge is -1.99. The molecule has 1 radical (unpaired) electrons. The minimum Gasteiger partial charge on any atom is -0.466 e. The van der Waals surface area contributed by atoms with E-state index in [0.717, 1.165) is 25.7 Å². The van der Waals surface area contributed by atoms with Crippen LogP contribution in [0.1, 0.15) is 32.6 Å². The van der Waals surface area contributed by atoms with Gasteiger partial charge in [-0.05, 0) is 19.3 Å². The van der Waals surface area contributed by atoms with Crippen molar-refractivity contribution in [1.82, 2.24) is 0 Å². The van der Waals surface area contributed by atoms with E-state index in [-0.39, 0.29) is 12.6 Å². The molecule has 0 spiro atoms. The molecule has 3 heteroatoms. The third-order valence-electron chi connectivity index (χ3n) is 1.34. The zero-order chi connectivity index (χ0) is 8.53. The summed E-state index contributed by atoms with van der Waals surface area (Å²) in [6.07, 6.45) is 3.54. The second-order valence-electron chi connectivity index (χ2n) is 2.46. The molecule has 0 unspecified atom stereocenters. The van der Waals surface area contributed by atoms with E-state index in [1.165, 1.54) is 6.92 Å². The van der Waals surface area contributed by atoms with Crippen LogP contribution in [-0.2, 0) is 14.6 Å². The molecule has 0 fully saturated rings. The van der Waals surface area contributed by atoms with Gasteiger partial charge in [-0.1, -0.05) is 6.42 Å². The molecule has 0 aromatic carbocycles. The van der Waals surface area contributed by atoms with Crippen LogP contribution in [0.2, 0.25) is 0 Å². The standard InChI is InChI=1S/C8H15O3/c1-8(10)11-7-5-3-2-4-6-9/h2-7H2,1H3. The maximum atomic E-state index is 10.3. The first-order chi connectivity index (χ1) is 5.27. The number of esters is 1.